The van der Waals surface area contributed by atoms with Gasteiger partial charge in [-0.15, -0.1) is 0 Å². The Labute approximate surface area is 100 Å². The van der Waals surface area contributed by atoms with E-state index in [2.05, 4.69) is 4.99 Å². The van der Waals surface area contributed by atoms with E-state index in [1.54, 1.807) is 30.5 Å². The maximum absolute atomic E-state index is 10.4. The van der Waals surface area contributed by atoms with Gasteiger partial charge < -0.3 is 14.4 Å². The summed E-state index contributed by atoms with van der Waals surface area (Å²) in [5.74, 6) is 0. The zero-order valence-corrected chi connectivity index (χ0v) is 10.3. The third-order valence-corrected chi connectivity index (χ3v) is 3.14. The zero-order chi connectivity index (χ0) is 12.7. The summed E-state index contributed by atoms with van der Waals surface area (Å²) < 4.78 is 0. The van der Waals surface area contributed by atoms with Gasteiger partial charge in [0.25, 0.3) is 0 Å². The molecule has 0 aliphatic heterocycles. The molecule has 6 heteroatoms. The summed E-state index contributed by atoms with van der Waals surface area (Å²) in [7, 11) is -3.91. The van der Waals surface area contributed by atoms with Gasteiger partial charge in [-0.25, -0.2) is 0 Å². The highest BCUT2D eigenvalue weighted by Crippen LogP contribution is 2.02. The Bertz CT molecular complexity index is 383. The molecule has 0 aliphatic carbocycles. The molecule has 3 N–H and O–H groups in total. The topological polar surface area (TPSA) is 90.1 Å². The molecule has 0 fully saturated rings. The van der Waals surface area contributed by atoms with Crippen LogP contribution in [-0.2, 0) is 0 Å². The standard InChI is InChI=1S/C11H15NO4Si/c13-9-11-4-2-10(3-5-11)8-12-6-1-7-17(14,15)16/h2-5,8-9,14-16H,1,6-7H2. The lowest BCUT2D eigenvalue weighted by Gasteiger charge is -2.06. The van der Waals surface area contributed by atoms with Gasteiger partial charge in [0.2, 0.25) is 0 Å². The van der Waals surface area contributed by atoms with E-state index in [9.17, 15) is 4.79 Å². The molecule has 0 aliphatic rings. The van der Waals surface area contributed by atoms with Crippen LogP contribution in [0.4, 0.5) is 0 Å². The second-order valence-corrected chi connectivity index (χ2v) is 5.75. The Morgan fingerprint density at radius 1 is 1.12 bits per heavy atom. The molecule has 1 aromatic rings. The molecule has 0 saturated heterocycles. The van der Waals surface area contributed by atoms with E-state index >= 15 is 0 Å². The minimum atomic E-state index is -3.91. The minimum absolute atomic E-state index is 0.00554. The van der Waals surface area contributed by atoms with Crippen molar-refractivity contribution in [1.82, 2.24) is 0 Å². The maximum Gasteiger partial charge on any atom is 0.492 e. The first-order valence-corrected chi connectivity index (χ1v) is 7.28. The second kappa shape index (κ2) is 6.41. The fraction of sp³-hybridized carbons (Fsp3) is 0.273. The first-order valence-electron chi connectivity index (χ1n) is 5.23. The van der Waals surface area contributed by atoms with Crippen LogP contribution in [-0.4, -0.2) is 42.2 Å². The molecule has 0 unspecified atom stereocenters. The van der Waals surface area contributed by atoms with Gasteiger partial charge in [-0.2, -0.15) is 0 Å². The van der Waals surface area contributed by atoms with E-state index in [1.807, 2.05) is 0 Å². The van der Waals surface area contributed by atoms with Crippen LogP contribution in [0.1, 0.15) is 22.3 Å². The average Bonchev–Trinajstić information content (AvgIpc) is 2.28. The molecule has 1 rings (SSSR count). The highest BCUT2D eigenvalue weighted by molar-refractivity contribution is 6.56. The number of rotatable bonds is 6. The molecule has 0 saturated carbocycles. The number of hydrogen-bond acceptors (Lipinski definition) is 5. The first-order chi connectivity index (χ1) is 8.01. The maximum atomic E-state index is 10.4. The Balaban J connectivity index is 2.35. The second-order valence-electron chi connectivity index (χ2n) is 3.70. The van der Waals surface area contributed by atoms with Crippen LogP contribution in [0.2, 0.25) is 6.04 Å². The van der Waals surface area contributed by atoms with Crippen molar-refractivity contribution in [2.24, 2.45) is 4.99 Å². The Hall–Kier alpha value is -1.34. The van der Waals surface area contributed by atoms with Crippen LogP contribution < -0.4 is 0 Å². The van der Waals surface area contributed by atoms with Crippen LogP contribution in [0.3, 0.4) is 0 Å². The largest absolute Gasteiger partial charge is 0.492 e. The minimum Gasteiger partial charge on any atom is -0.390 e. The summed E-state index contributed by atoms with van der Waals surface area (Å²) >= 11 is 0. The van der Waals surface area contributed by atoms with Crippen LogP contribution >= 0.6 is 0 Å². The third kappa shape index (κ3) is 6.08. The lowest BCUT2D eigenvalue weighted by atomic mass is 10.2. The molecule has 92 valence electrons. The van der Waals surface area contributed by atoms with Crippen LogP contribution in [0.25, 0.3) is 0 Å². The van der Waals surface area contributed by atoms with E-state index < -0.39 is 8.80 Å². The normalized spacial score (nSPS) is 11.9. The molecular formula is C11H15NO4Si. The smallest absolute Gasteiger partial charge is 0.390 e. The molecular weight excluding hydrogens is 238 g/mol. The summed E-state index contributed by atoms with van der Waals surface area (Å²) in [6.45, 7) is 0.422. The van der Waals surface area contributed by atoms with Gasteiger partial charge in [0.05, 0.1) is 0 Å². The lowest BCUT2D eigenvalue weighted by molar-refractivity contribution is 0.112. The van der Waals surface area contributed by atoms with Gasteiger partial charge in [-0.1, -0.05) is 24.3 Å². The number of aliphatic imine (C=N–C) groups is 1. The van der Waals surface area contributed by atoms with E-state index in [-0.39, 0.29) is 6.04 Å². The number of aldehydes is 1. The van der Waals surface area contributed by atoms with Crippen LogP contribution in [0.5, 0.6) is 0 Å². The average molecular weight is 253 g/mol. The Morgan fingerprint density at radius 3 is 2.24 bits per heavy atom. The van der Waals surface area contributed by atoms with E-state index in [0.29, 0.717) is 18.5 Å². The SMILES string of the molecule is O=Cc1ccc(C=NCCC[Si](O)(O)O)cc1. The lowest BCUT2D eigenvalue weighted by Crippen LogP contribution is -2.34. The van der Waals surface area contributed by atoms with Crippen molar-refractivity contribution in [3.63, 3.8) is 0 Å². The highest BCUT2D eigenvalue weighted by atomic mass is 28.4. The van der Waals surface area contributed by atoms with E-state index in [1.165, 1.54) is 0 Å². The number of carbonyl (C=O) groups is 1. The molecule has 5 nitrogen and oxygen atoms in total. The first kappa shape index (κ1) is 13.7. The van der Waals surface area contributed by atoms with Crippen molar-refractivity contribution in [1.29, 1.82) is 0 Å². The Kier molecular flexibility index (Phi) is 5.17. The van der Waals surface area contributed by atoms with Gasteiger partial charge in [0, 0.05) is 24.4 Å². The van der Waals surface area contributed by atoms with E-state index in [4.69, 9.17) is 14.4 Å². The van der Waals surface area contributed by atoms with Gasteiger partial charge in [-0.05, 0) is 12.0 Å². The van der Waals surface area contributed by atoms with Crippen molar-refractivity contribution >= 4 is 21.3 Å². The number of hydrogen-bond donors (Lipinski definition) is 3. The Morgan fingerprint density at radius 2 is 1.71 bits per heavy atom. The zero-order valence-electron chi connectivity index (χ0n) is 9.28. The van der Waals surface area contributed by atoms with Gasteiger partial charge in [0.15, 0.2) is 0 Å². The number of nitrogens with zero attached hydrogens (tertiary/aromatic N) is 1. The monoisotopic (exact) mass is 253 g/mol. The molecule has 0 amide bonds. The fourth-order valence-corrected chi connectivity index (χ4v) is 1.87. The summed E-state index contributed by atoms with van der Waals surface area (Å²) in [4.78, 5) is 40.8. The van der Waals surface area contributed by atoms with Crippen molar-refractivity contribution in [2.75, 3.05) is 6.54 Å². The van der Waals surface area contributed by atoms with E-state index in [0.717, 1.165) is 11.8 Å². The molecule has 17 heavy (non-hydrogen) atoms. The highest BCUT2D eigenvalue weighted by Gasteiger charge is 2.25. The molecule has 0 aromatic heterocycles. The van der Waals surface area contributed by atoms with Crippen LogP contribution in [0, 0.1) is 0 Å². The van der Waals surface area contributed by atoms with Gasteiger partial charge in [-0.3, -0.25) is 9.79 Å². The van der Waals surface area contributed by atoms with Crippen molar-refractivity contribution < 1.29 is 19.2 Å². The van der Waals surface area contributed by atoms with Crippen molar-refractivity contribution in [2.45, 2.75) is 12.5 Å². The molecule has 0 radical (unpaired) electrons. The summed E-state index contributed by atoms with van der Waals surface area (Å²) in [5, 5.41) is 0. The summed E-state index contributed by atoms with van der Waals surface area (Å²) in [6, 6.07) is 6.93. The summed E-state index contributed by atoms with van der Waals surface area (Å²) in [5.41, 5.74) is 1.48. The van der Waals surface area contributed by atoms with Crippen molar-refractivity contribution in [3.05, 3.63) is 35.4 Å². The quantitative estimate of drug-likeness (QED) is 0.293. The molecule has 0 spiro atoms. The molecule has 1 aromatic carbocycles. The van der Waals surface area contributed by atoms with Gasteiger partial charge in [0.1, 0.15) is 6.29 Å². The van der Waals surface area contributed by atoms with Gasteiger partial charge >= 0.3 is 8.80 Å². The summed E-state index contributed by atoms with van der Waals surface area (Å²) in [6.07, 6.45) is 2.84. The molecule has 0 heterocycles. The fourth-order valence-electron chi connectivity index (χ4n) is 1.24. The number of carbonyl (C=O) groups excluding carboxylic acids is 1. The number of benzene rings is 1. The third-order valence-electron chi connectivity index (χ3n) is 2.11. The van der Waals surface area contributed by atoms with Crippen LogP contribution in [0.15, 0.2) is 29.3 Å². The molecule has 0 bridgehead atoms. The predicted octanol–water partition coefficient (Wildman–Crippen LogP) is 0.224. The predicted molar refractivity (Wildman–Crippen MR) is 66.1 cm³/mol. The van der Waals surface area contributed by atoms with Crippen molar-refractivity contribution in [3.8, 4) is 0 Å². The molecule has 0 atom stereocenters.